The molecule has 0 saturated carbocycles. The van der Waals surface area contributed by atoms with Gasteiger partial charge in [-0.1, -0.05) is 12.2 Å². The average molecular weight is 168 g/mol. The van der Waals surface area contributed by atoms with E-state index in [1.165, 1.54) is 0 Å². The largest absolute Gasteiger partial charge is 0.466 e. The first-order valence-electron chi connectivity index (χ1n) is 4.31. The molecule has 2 rings (SSSR count). The molecular weight excluding hydrogens is 156 g/mol. The van der Waals surface area contributed by atoms with Crippen molar-refractivity contribution in [3.63, 3.8) is 0 Å². The highest BCUT2D eigenvalue weighted by atomic mass is 16.5. The monoisotopic (exact) mass is 168 g/mol. The number of ether oxygens (including phenoxy) is 2. The van der Waals surface area contributed by atoms with Crippen molar-refractivity contribution in [1.29, 1.82) is 0 Å². The highest BCUT2D eigenvalue weighted by Gasteiger charge is 2.41. The second kappa shape index (κ2) is 2.90. The van der Waals surface area contributed by atoms with Gasteiger partial charge in [-0.3, -0.25) is 4.79 Å². The zero-order valence-electron chi connectivity index (χ0n) is 7.03. The van der Waals surface area contributed by atoms with Gasteiger partial charge in [-0.2, -0.15) is 0 Å². The van der Waals surface area contributed by atoms with Crippen LogP contribution in [0.4, 0.5) is 0 Å². The Morgan fingerprint density at radius 1 is 1.67 bits per heavy atom. The third kappa shape index (κ3) is 1.14. The van der Waals surface area contributed by atoms with E-state index in [2.05, 4.69) is 0 Å². The molecule has 3 nitrogen and oxygen atoms in total. The van der Waals surface area contributed by atoms with Crippen LogP contribution in [0.3, 0.4) is 0 Å². The van der Waals surface area contributed by atoms with Gasteiger partial charge in [0.15, 0.2) is 0 Å². The molecule has 2 aliphatic heterocycles. The summed E-state index contributed by atoms with van der Waals surface area (Å²) in [6, 6.07) is 0. The van der Waals surface area contributed by atoms with Crippen LogP contribution in [-0.2, 0) is 14.3 Å². The van der Waals surface area contributed by atoms with E-state index < -0.39 is 0 Å². The van der Waals surface area contributed by atoms with Gasteiger partial charge in [0.05, 0.1) is 24.7 Å². The Balaban J connectivity index is 1.98. The summed E-state index contributed by atoms with van der Waals surface area (Å²) in [5.41, 5.74) is 0. The summed E-state index contributed by atoms with van der Waals surface area (Å²) in [6.45, 7) is 2.28. The van der Waals surface area contributed by atoms with Crippen LogP contribution in [0, 0.1) is 5.92 Å². The summed E-state index contributed by atoms with van der Waals surface area (Å²) in [5.74, 6) is -0.172. The predicted octanol–water partition coefficient (Wildman–Crippen LogP) is 0.893. The second-order valence-electron chi connectivity index (χ2n) is 3.12. The Morgan fingerprint density at radius 3 is 3.00 bits per heavy atom. The molecule has 66 valence electrons. The molecule has 1 saturated heterocycles. The van der Waals surface area contributed by atoms with Crippen LogP contribution < -0.4 is 0 Å². The van der Waals surface area contributed by atoms with E-state index >= 15 is 0 Å². The smallest absolute Gasteiger partial charge is 0.312 e. The summed E-state index contributed by atoms with van der Waals surface area (Å²) in [6.07, 6.45) is 4.90. The fourth-order valence-corrected chi connectivity index (χ4v) is 1.75. The molecule has 12 heavy (non-hydrogen) atoms. The van der Waals surface area contributed by atoms with Gasteiger partial charge in [0.2, 0.25) is 0 Å². The maximum Gasteiger partial charge on any atom is 0.312 e. The lowest BCUT2D eigenvalue weighted by Gasteiger charge is -2.12. The molecule has 0 unspecified atom stereocenters. The van der Waals surface area contributed by atoms with Gasteiger partial charge < -0.3 is 9.47 Å². The maximum absolute atomic E-state index is 11.3. The molecular formula is C9H12O3. The number of rotatable bonds is 2. The minimum Gasteiger partial charge on any atom is -0.466 e. The molecule has 2 heterocycles. The first kappa shape index (κ1) is 7.80. The Bertz CT molecular complexity index is 222. The van der Waals surface area contributed by atoms with E-state index in [1.807, 2.05) is 19.1 Å². The minimum atomic E-state index is -0.116. The molecule has 3 heteroatoms. The van der Waals surface area contributed by atoms with E-state index in [0.717, 1.165) is 6.42 Å². The third-order valence-electron chi connectivity index (χ3n) is 2.32. The lowest BCUT2D eigenvalue weighted by atomic mass is 9.95. The summed E-state index contributed by atoms with van der Waals surface area (Å²) < 4.78 is 10.4. The lowest BCUT2D eigenvalue weighted by molar-refractivity contribution is -0.148. The molecule has 2 aliphatic rings. The van der Waals surface area contributed by atoms with Gasteiger partial charge in [-0.15, -0.1) is 0 Å². The third-order valence-corrected chi connectivity index (χ3v) is 2.32. The van der Waals surface area contributed by atoms with E-state index in [0.29, 0.717) is 6.61 Å². The standard InChI is InChI=1S/C9H12O3/c1-2-11-9(10)7-5-6-3-4-8(7)12-6/h3-4,6-8H,2,5H2,1H3/t6-,7+,8+/m0/s1. The van der Waals surface area contributed by atoms with E-state index in [9.17, 15) is 4.79 Å². The van der Waals surface area contributed by atoms with Crippen molar-refractivity contribution in [3.05, 3.63) is 12.2 Å². The van der Waals surface area contributed by atoms with Crippen LogP contribution in [-0.4, -0.2) is 24.8 Å². The van der Waals surface area contributed by atoms with Gasteiger partial charge in [-0.25, -0.2) is 0 Å². The Morgan fingerprint density at radius 2 is 2.50 bits per heavy atom. The first-order valence-corrected chi connectivity index (χ1v) is 4.31. The first-order chi connectivity index (χ1) is 5.81. The predicted molar refractivity (Wildman–Crippen MR) is 42.5 cm³/mol. The number of esters is 1. The summed E-state index contributed by atoms with van der Waals surface area (Å²) >= 11 is 0. The topological polar surface area (TPSA) is 35.5 Å². The quantitative estimate of drug-likeness (QED) is 0.454. The van der Waals surface area contributed by atoms with E-state index in [-0.39, 0.29) is 24.1 Å². The zero-order chi connectivity index (χ0) is 8.55. The van der Waals surface area contributed by atoms with Crippen LogP contribution in [0.25, 0.3) is 0 Å². The number of carbonyl (C=O) groups is 1. The van der Waals surface area contributed by atoms with E-state index in [1.54, 1.807) is 0 Å². The molecule has 0 amide bonds. The molecule has 0 aliphatic carbocycles. The van der Waals surface area contributed by atoms with E-state index in [4.69, 9.17) is 9.47 Å². The van der Waals surface area contributed by atoms with Crippen molar-refractivity contribution in [3.8, 4) is 0 Å². The number of fused-ring (bicyclic) bond motifs is 2. The molecule has 0 aromatic carbocycles. The number of hydrogen-bond donors (Lipinski definition) is 0. The zero-order valence-corrected chi connectivity index (χ0v) is 7.03. The van der Waals surface area contributed by atoms with Crippen molar-refractivity contribution < 1.29 is 14.3 Å². The minimum absolute atomic E-state index is 0.0194. The fourth-order valence-electron chi connectivity index (χ4n) is 1.75. The maximum atomic E-state index is 11.3. The molecule has 0 aromatic heterocycles. The normalized spacial score (nSPS) is 37.2. The van der Waals surface area contributed by atoms with Crippen LogP contribution in [0.2, 0.25) is 0 Å². The molecule has 3 atom stereocenters. The molecule has 1 fully saturated rings. The number of hydrogen-bond acceptors (Lipinski definition) is 3. The lowest BCUT2D eigenvalue weighted by Crippen LogP contribution is -2.25. The summed E-state index contributed by atoms with van der Waals surface area (Å²) in [7, 11) is 0. The number of carbonyl (C=O) groups excluding carboxylic acids is 1. The van der Waals surface area contributed by atoms with Gasteiger partial charge in [0.1, 0.15) is 0 Å². The Hall–Kier alpha value is -0.830. The SMILES string of the molecule is CCOC(=O)[C@@H]1C[C@@H]2C=C[C@H]1O2. The van der Waals surface area contributed by atoms with Crippen molar-refractivity contribution in [2.75, 3.05) is 6.61 Å². The average Bonchev–Trinajstić information content (AvgIpc) is 2.64. The highest BCUT2D eigenvalue weighted by Crippen LogP contribution is 2.34. The van der Waals surface area contributed by atoms with Crippen molar-refractivity contribution in [2.24, 2.45) is 5.92 Å². The Labute approximate surface area is 71.3 Å². The summed E-state index contributed by atoms with van der Waals surface area (Å²) in [4.78, 5) is 11.3. The van der Waals surface area contributed by atoms with Gasteiger partial charge in [-0.05, 0) is 13.3 Å². The van der Waals surface area contributed by atoms with Crippen molar-refractivity contribution in [2.45, 2.75) is 25.6 Å². The summed E-state index contributed by atoms with van der Waals surface area (Å²) in [5, 5.41) is 0. The Kier molecular flexibility index (Phi) is 1.89. The van der Waals surface area contributed by atoms with Crippen LogP contribution in [0.1, 0.15) is 13.3 Å². The van der Waals surface area contributed by atoms with Crippen molar-refractivity contribution >= 4 is 5.97 Å². The molecule has 0 N–H and O–H groups in total. The van der Waals surface area contributed by atoms with Gasteiger partial charge in [0, 0.05) is 0 Å². The molecule has 2 bridgehead atoms. The van der Waals surface area contributed by atoms with Gasteiger partial charge in [0.25, 0.3) is 0 Å². The van der Waals surface area contributed by atoms with Crippen LogP contribution in [0.15, 0.2) is 12.2 Å². The highest BCUT2D eigenvalue weighted by molar-refractivity contribution is 5.74. The molecule has 0 radical (unpaired) electrons. The fraction of sp³-hybridized carbons (Fsp3) is 0.667. The van der Waals surface area contributed by atoms with Crippen LogP contribution >= 0.6 is 0 Å². The van der Waals surface area contributed by atoms with Crippen molar-refractivity contribution in [1.82, 2.24) is 0 Å². The van der Waals surface area contributed by atoms with Crippen LogP contribution in [0.5, 0.6) is 0 Å². The molecule has 0 spiro atoms. The van der Waals surface area contributed by atoms with Gasteiger partial charge >= 0.3 is 5.97 Å². The second-order valence-corrected chi connectivity index (χ2v) is 3.12. The molecule has 0 aromatic rings.